The first-order valence-corrected chi connectivity index (χ1v) is 7.52. The molecule has 116 valence electrons. The summed E-state index contributed by atoms with van der Waals surface area (Å²) in [4.78, 5) is 17.4. The van der Waals surface area contributed by atoms with Crippen LogP contribution < -0.4 is 0 Å². The van der Waals surface area contributed by atoms with Gasteiger partial charge in [0.2, 0.25) is 5.91 Å². The number of nitrogens with one attached hydrogen (secondary N) is 1. The molecule has 1 aromatic carbocycles. The van der Waals surface area contributed by atoms with Gasteiger partial charge in [-0.25, -0.2) is 8.78 Å². The summed E-state index contributed by atoms with van der Waals surface area (Å²) in [6.07, 6.45) is 4.15. The van der Waals surface area contributed by atoms with Crippen molar-refractivity contribution in [2.75, 3.05) is 6.54 Å². The van der Waals surface area contributed by atoms with Crippen molar-refractivity contribution in [3.8, 4) is 0 Å². The average molecular weight is 304 g/mol. The van der Waals surface area contributed by atoms with E-state index in [4.69, 9.17) is 0 Å². The fourth-order valence-corrected chi connectivity index (χ4v) is 3.06. The molecule has 1 atom stereocenters. The molecule has 2 aromatic rings. The molecule has 3 rings (SSSR count). The smallest absolute Gasteiger partial charge is 0.223 e. The molecule has 3 nitrogen and oxygen atoms in total. The normalized spacial score (nSPS) is 17.9. The maximum absolute atomic E-state index is 13.6. The van der Waals surface area contributed by atoms with Crippen molar-refractivity contribution in [1.29, 1.82) is 0 Å². The third-order valence-corrected chi connectivity index (χ3v) is 4.17. The summed E-state index contributed by atoms with van der Waals surface area (Å²) in [6.45, 7) is 0.716. The van der Waals surface area contributed by atoms with Gasteiger partial charge in [0.25, 0.3) is 0 Å². The fraction of sp³-hybridized carbons (Fsp3) is 0.353. The first kappa shape index (κ1) is 14.8. The number of aromatic nitrogens is 1. The van der Waals surface area contributed by atoms with Gasteiger partial charge in [-0.05, 0) is 55.2 Å². The van der Waals surface area contributed by atoms with E-state index in [1.54, 1.807) is 0 Å². The van der Waals surface area contributed by atoms with Gasteiger partial charge in [0.15, 0.2) is 0 Å². The Bertz CT molecular complexity index is 655. The molecule has 1 aromatic heterocycles. The van der Waals surface area contributed by atoms with E-state index in [0.717, 1.165) is 36.7 Å². The van der Waals surface area contributed by atoms with Gasteiger partial charge in [-0.1, -0.05) is 0 Å². The molecule has 0 spiro atoms. The first-order valence-electron chi connectivity index (χ1n) is 7.52. The maximum Gasteiger partial charge on any atom is 0.223 e. The van der Waals surface area contributed by atoms with Gasteiger partial charge >= 0.3 is 0 Å². The molecule has 1 amide bonds. The summed E-state index contributed by atoms with van der Waals surface area (Å²) in [5, 5.41) is 0. The van der Waals surface area contributed by atoms with Gasteiger partial charge in [-0.3, -0.25) is 4.79 Å². The summed E-state index contributed by atoms with van der Waals surface area (Å²) < 4.78 is 26.8. The summed E-state index contributed by atoms with van der Waals surface area (Å²) in [5.41, 5.74) is 1.28. The zero-order chi connectivity index (χ0) is 15.5. The number of H-pyrrole nitrogens is 1. The molecule has 0 bridgehead atoms. The van der Waals surface area contributed by atoms with E-state index >= 15 is 0 Å². The number of carbonyl (C=O) groups is 1. The molecule has 0 radical (unpaired) electrons. The van der Waals surface area contributed by atoms with Crippen LogP contribution in [0.2, 0.25) is 0 Å². The standard InChI is InChI=1S/C17H18F2N2O/c18-13-6-7-14(19)12(11-13)5-8-17(22)21-10-2-4-16(21)15-3-1-9-20-15/h1,3,6-7,9,11,16,20H,2,4-5,8,10H2/t16-/m1/s1. The van der Waals surface area contributed by atoms with E-state index in [9.17, 15) is 13.6 Å². The van der Waals surface area contributed by atoms with Gasteiger partial charge in [-0.2, -0.15) is 0 Å². The number of hydrogen-bond donors (Lipinski definition) is 1. The Labute approximate surface area is 127 Å². The molecule has 22 heavy (non-hydrogen) atoms. The third kappa shape index (κ3) is 3.03. The Kier molecular flexibility index (Phi) is 4.22. The lowest BCUT2D eigenvalue weighted by atomic mass is 10.1. The molecule has 0 saturated carbocycles. The van der Waals surface area contributed by atoms with Crippen molar-refractivity contribution in [1.82, 2.24) is 9.88 Å². The minimum atomic E-state index is -0.478. The van der Waals surface area contributed by atoms with Gasteiger partial charge < -0.3 is 9.88 Å². The van der Waals surface area contributed by atoms with E-state index in [-0.39, 0.29) is 30.4 Å². The van der Waals surface area contributed by atoms with Crippen LogP contribution in [-0.2, 0) is 11.2 Å². The number of aromatic amines is 1. The van der Waals surface area contributed by atoms with E-state index < -0.39 is 11.6 Å². The molecule has 0 unspecified atom stereocenters. The van der Waals surface area contributed by atoms with Crippen molar-refractivity contribution in [2.45, 2.75) is 31.7 Å². The van der Waals surface area contributed by atoms with Crippen LogP contribution in [0.15, 0.2) is 36.5 Å². The summed E-state index contributed by atoms with van der Waals surface area (Å²) >= 11 is 0. The lowest BCUT2D eigenvalue weighted by Gasteiger charge is -2.24. The maximum atomic E-state index is 13.6. The molecule has 0 aliphatic carbocycles. The number of halogens is 2. The molecule has 2 heterocycles. The molecular weight excluding hydrogens is 286 g/mol. The van der Waals surface area contributed by atoms with Crippen LogP contribution in [0.1, 0.15) is 36.6 Å². The molecule has 5 heteroatoms. The average Bonchev–Trinajstić information content (AvgIpc) is 3.17. The van der Waals surface area contributed by atoms with E-state index in [0.29, 0.717) is 6.54 Å². The van der Waals surface area contributed by atoms with Crippen molar-refractivity contribution in [2.24, 2.45) is 0 Å². The second-order valence-electron chi connectivity index (χ2n) is 5.61. The molecule has 1 aliphatic rings. The summed E-state index contributed by atoms with van der Waals surface area (Å²) in [5.74, 6) is -0.952. The van der Waals surface area contributed by atoms with Crippen LogP contribution in [0.4, 0.5) is 8.78 Å². The van der Waals surface area contributed by atoms with Crippen LogP contribution in [0.25, 0.3) is 0 Å². The number of carbonyl (C=O) groups excluding carboxylic acids is 1. The molecule has 1 saturated heterocycles. The quantitative estimate of drug-likeness (QED) is 0.920. The van der Waals surface area contributed by atoms with Crippen molar-refractivity contribution in [3.05, 3.63) is 59.4 Å². The Morgan fingerprint density at radius 1 is 1.32 bits per heavy atom. The van der Waals surface area contributed by atoms with E-state index in [1.807, 2.05) is 23.2 Å². The van der Waals surface area contributed by atoms with Gasteiger partial charge in [0, 0.05) is 24.9 Å². The second-order valence-corrected chi connectivity index (χ2v) is 5.61. The van der Waals surface area contributed by atoms with Crippen LogP contribution in [-0.4, -0.2) is 22.3 Å². The fourth-order valence-electron chi connectivity index (χ4n) is 3.06. The van der Waals surface area contributed by atoms with Gasteiger partial charge in [-0.15, -0.1) is 0 Å². The van der Waals surface area contributed by atoms with Crippen molar-refractivity contribution < 1.29 is 13.6 Å². The highest BCUT2D eigenvalue weighted by molar-refractivity contribution is 5.77. The highest BCUT2D eigenvalue weighted by Crippen LogP contribution is 2.31. The minimum absolute atomic E-state index is 0.0132. The number of rotatable bonds is 4. The van der Waals surface area contributed by atoms with Crippen LogP contribution >= 0.6 is 0 Å². The van der Waals surface area contributed by atoms with Crippen molar-refractivity contribution >= 4 is 5.91 Å². The lowest BCUT2D eigenvalue weighted by molar-refractivity contribution is -0.132. The number of amides is 1. The predicted octanol–water partition coefficient (Wildman–Crippen LogP) is 3.59. The molecule has 1 fully saturated rings. The monoisotopic (exact) mass is 304 g/mol. The zero-order valence-electron chi connectivity index (χ0n) is 12.2. The lowest BCUT2D eigenvalue weighted by Crippen LogP contribution is -2.30. The Morgan fingerprint density at radius 3 is 2.95 bits per heavy atom. The predicted molar refractivity (Wildman–Crippen MR) is 79.2 cm³/mol. The number of hydrogen-bond acceptors (Lipinski definition) is 1. The Hall–Kier alpha value is -2.17. The number of aryl methyl sites for hydroxylation is 1. The first-order chi connectivity index (χ1) is 10.6. The topological polar surface area (TPSA) is 36.1 Å². The number of benzene rings is 1. The van der Waals surface area contributed by atoms with Gasteiger partial charge in [0.05, 0.1) is 6.04 Å². The minimum Gasteiger partial charge on any atom is -0.363 e. The van der Waals surface area contributed by atoms with E-state index in [2.05, 4.69) is 4.98 Å². The molecule has 1 aliphatic heterocycles. The number of nitrogens with zero attached hydrogens (tertiary/aromatic N) is 1. The van der Waals surface area contributed by atoms with Crippen LogP contribution in [0.5, 0.6) is 0 Å². The van der Waals surface area contributed by atoms with Crippen LogP contribution in [0.3, 0.4) is 0 Å². The third-order valence-electron chi connectivity index (χ3n) is 4.17. The van der Waals surface area contributed by atoms with Crippen molar-refractivity contribution in [3.63, 3.8) is 0 Å². The van der Waals surface area contributed by atoms with E-state index in [1.165, 1.54) is 0 Å². The van der Waals surface area contributed by atoms with Gasteiger partial charge in [0.1, 0.15) is 11.6 Å². The second kappa shape index (κ2) is 6.30. The number of likely N-dealkylation sites (tertiary alicyclic amines) is 1. The largest absolute Gasteiger partial charge is 0.363 e. The highest BCUT2D eigenvalue weighted by Gasteiger charge is 2.30. The SMILES string of the molecule is O=C(CCc1cc(F)ccc1F)N1CCC[C@@H]1c1ccc[nH]1. The van der Waals surface area contributed by atoms with Crippen LogP contribution in [0, 0.1) is 11.6 Å². The summed E-state index contributed by atoms with van der Waals surface area (Å²) in [7, 11) is 0. The summed E-state index contributed by atoms with van der Waals surface area (Å²) in [6, 6.07) is 7.31. The zero-order valence-corrected chi connectivity index (χ0v) is 12.2. The highest BCUT2D eigenvalue weighted by atomic mass is 19.1. The Balaban J connectivity index is 1.65. The molecule has 1 N–H and O–H groups in total. The Morgan fingerprint density at radius 2 is 2.18 bits per heavy atom. The molecular formula is C17H18F2N2O.